The lowest BCUT2D eigenvalue weighted by atomic mass is 10.1. The second-order valence-corrected chi connectivity index (χ2v) is 7.04. The predicted octanol–water partition coefficient (Wildman–Crippen LogP) is 4.67. The van der Waals surface area contributed by atoms with Gasteiger partial charge < -0.3 is 19.2 Å². The van der Waals surface area contributed by atoms with E-state index in [9.17, 15) is 4.79 Å². The summed E-state index contributed by atoms with van der Waals surface area (Å²) >= 11 is 0. The van der Waals surface area contributed by atoms with Gasteiger partial charge in [-0.25, -0.2) is 0 Å². The molecule has 31 heavy (non-hydrogen) atoms. The summed E-state index contributed by atoms with van der Waals surface area (Å²) in [6.45, 7) is 2.90. The summed E-state index contributed by atoms with van der Waals surface area (Å²) in [6.07, 6.45) is 3.41. The number of carbonyl (C=O) groups excluding carboxylic acids is 1. The minimum Gasteiger partial charge on any atom is -0.497 e. The van der Waals surface area contributed by atoms with Crippen molar-refractivity contribution >= 4 is 11.6 Å². The molecule has 0 bridgehead atoms. The van der Waals surface area contributed by atoms with E-state index in [1.165, 1.54) is 11.1 Å². The fraction of sp³-hybridized carbons (Fsp3) is 0.167. The van der Waals surface area contributed by atoms with Gasteiger partial charge >= 0.3 is 0 Å². The molecule has 4 rings (SSSR count). The van der Waals surface area contributed by atoms with Crippen molar-refractivity contribution in [3.05, 3.63) is 95.7 Å². The Hall–Kier alpha value is -4.00. The summed E-state index contributed by atoms with van der Waals surface area (Å²) in [6, 6.07) is 18.8. The predicted molar refractivity (Wildman–Crippen MR) is 116 cm³/mol. The number of anilines is 1. The highest BCUT2D eigenvalue weighted by molar-refractivity contribution is 6.02. The van der Waals surface area contributed by atoms with E-state index in [4.69, 9.17) is 13.9 Å². The molecular formula is C24H23N3O4. The summed E-state index contributed by atoms with van der Waals surface area (Å²) in [5, 5.41) is 7.13. The normalized spacial score (nSPS) is 10.6. The molecule has 158 valence electrons. The lowest BCUT2D eigenvalue weighted by molar-refractivity contribution is 0.0992. The Balaban J connectivity index is 1.34. The second kappa shape index (κ2) is 9.21. The van der Waals surface area contributed by atoms with Gasteiger partial charge in [0.25, 0.3) is 5.91 Å². The number of aryl methyl sites for hydroxylation is 1. The largest absolute Gasteiger partial charge is 0.497 e. The molecule has 0 fully saturated rings. The number of rotatable bonds is 8. The van der Waals surface area contributed by atoms with E-state index >= 15 is 0 Å². The number of hydrogen-bond acceptors (Lipinski definition) is 5. The third kappa shape index (κ3) is 5.14. The zero-order valence-corrected chi connectivity index (χ0v) is 17.4. The minimum atomic E-state index is -0.344. The van der Waals surface area contributed by atoms with Crippen LogP contribution in [-0.2, 0) is 13.2 Å². The third-order valence-corrected chi connectivity index (χ3v) is 4.79. The molecule has 2 aromatic heterocycles. The maximum atomic E-state index is 12.5. The molecule has 0 unspecified atom stereocenters. The van der Waals surface area contributed by atoms with Gasteiger partial charge in [0, 0.05) is 12.3 Å². The average molecular weight is 417 g/mol. The quantitative estimate of drug-likeness (QED) is 0.451. The number of carbonyl (C=O) groups is 1. The molecule has 1 amide bonds. The molecule has 7 nitrogen and oxygen atoms in total. The first-order valence-electron chi connectivity index (χ1n) is 9.84. The molecule has 2 heterocycles. The van der Waals surface area contributed by atoms with Crippen LogP contribution in [-0.4, -0.2) is 22.8 Å². The first kappa shape index (κ1) is 20.3. The summed E-state index contributed by atoms with van der Waals surface area (Å²) in [5.41, 5.74) is 2.97. The van der Waals surface area contributed by atoms with Crippen molar-refractivity contribution in [3.63, 3.8) is 0 Å². The highest BCUT2D eigenvalue weighted by Gasteiger charge is 2.13. The maximum absolute atomic E-state index is 12.5. The molecule has 0 saturated heterocycles. The Kier molecular flexibility index (Phi) is 6.03. The second-order valence-electron chi connectivity index (χ2n) is 7.04. The van der Waals surface area contributed by atoms with Crippen LogP contribution in [0.1, 0.15) is 27.4 Å². The van der Waals surface area contributed by atoms with Crippen molar-refractivity contribution in [2.45, 2.75) is 20.1 Å². The zero-order chi connectivity index (χ0) is 21.6. The Morgan fingerprint density at radius 2 is 1.94 bits per heavy atom. The molecule has 7 heteroatoms. The molecule has 4 aromatic rings. The van der Waals surface area contributed by atoms with Gasteiger partial charge in [0.2, 0.25) is 0 Å². The fourth-order valence-electron chi connectivity index (χ4n) is 3.09. The summed E-state index contributed by atoms with van der Waals surface area (Å²) in [7, 11) is 1.60. The number of nitrogens with one attached hydrogen (secondary N) is 1. The number of nitrogens with zero attached hydrogens (tertiary/aromatic N) is 2. The van der Waals surface area contributed by atoms with Crippen LogP contribution in [0.2, 0.25) is 0 Å². The van der Waals surface area contributed by atoms with Gasteiger partial charge in [0.05, 0.1) is 25.5 Å². The molecule has 0 spiro atoms. The number of methoxy groups -OCH3 is 1. The van der Waals surface area contributed by atoms with Gasteiger partial charge in [-0.05, 0) is 42.3 Å². The number of benzene rings is 2. The van der Waals surface area contributed by atoms with E-state index in [-0.39, 0.29) is 18.3 Å². The number of furan rings is 1. The lowest BCUT2D eigenvalue weighted by Gasteiger charge is -2.06. The monoisotopic (exact) mass is 417 g/mol. The third-order valence-electron chi connectivity index (χ3n) is 4.79. The standard InChI is InChI=1S/C24H23N3O4/c1-17-6-3-4-7-18(17)14-27-15-19(13-25-27)26-24(28)23-11-10-22(31-23)16-30-21-9-5-8-20(12-21)29-2/h3-13,15H,14,16H2,1-2H3,(H,26,28). The molecule has 0 saturated carbocycles. The number of aromatic nitrogens is 2. The molecular weight excluding hydrogens is 394 g/mol. The van der Waals surface area contributed by atoms with Crippen LogP contribution < -0.4 is 14.8 Å². The van der Waals surface area contributed by atoms with E-state index in [0.29, 0.717) is 29.5 Å². The van der Waals surface area contributed by atoms with Crippen LogP contribution in [0.25, 0.3) is 0 Å². The van der Waals surface area contributed by atoms with Crippen molar-refractivity contribution in [1.82, 2.24) is 9.78 Å². The van der Waals surface area contributed by atoms with Gasteiger partial charge in [-0.3, -0.25) is 9.48 Å². The van der Waals surface area contributed by atoms with E-state index < -0.39 is 0 Å². The van der Waals surface area contributed by atoms with Crippen molar-refractivity contribution in [1.29, 1.82) is 0 Å². The number of ether oxygens (including phenoxy) is 2. The zero-order valence-electron chi connectivity index (χ0n) is 17.4. The van der Waals surface area contributed by atoms with Crippen molar-refractivity contribution in [2.24, 2.45) is 0 Å². The Morgan fingerprint density at radius 3 is 2.77 bits per heavy atom. The van der Waals surface area contributed by atoms with Crippen LogP contribution >= 0.6 is 0 Å². The van der Waals surface area contributed by atoms with Gasteiger partial charge in [0.15, 0.2) is 5.76 Å². The van der Waals surface area contributed by atoms with Crippen LogP contribution in [0.3, 0.4) is 0 Å². The van der Waals surface area contributed by atoms with Gasteiger partial charge in [-0.2, -0.15) is 5.10 Å². The number of amides is 1. The molecule has 1 N–H and O–H groups in total. The fourth-order valence-corrected chi connectivity index (χ4v) is 3.09. The highest BCUT2D eigenvalue weighted by atomic mass is 16.5. The van der Waals surface area contributed by atoms with Crippen LogP contribution in [0, 0.1) is 6.92 Å². The SMILES string of the molecule is COc1cccc(OCc2ccc(C(=O)Nc3cnn(Cc4ccccc4C)c3)o2)c1. The molecule has 0 aliphatic heterocycles. The summed E-state index contributed by atoms with van der Waals surface area (Å²) in [5.74, 6) is 1.77. The Bertz CT molecular complexity index is 1180. The van der Waals surface area contributed by atoms with E-state index in [1.54, 1.807) is 42.4 Å². The van der Waals surface area contributed by atoms with E-state index in [2.05, 4.69) is 29.5 Å². The minimum absolute atomic E-state index is 0.203. The van der Waals surface area contributed by atoms with Crippen LogP contribution in [0.4, 0.5) is 5.69 Å². The number of hydrogen-bond donors (Lipinski definition) is 1. The van der Waals surface area contributed by atoms with E-state index in [0.717, 1.165) is 0 Å². The molecule has 2 aromatic carbocycles. The first-order valence-corrected chi connectivity index (χ1v) is 9.84. The average Bonchev–Trinajstić information content (AvgIpc) is 3.44. The highest BCUT2D eigenvalue weighted by Crippen LogP contribution is 2.21. The van der Waals surface area contributed by atoms with Gasteiger partial charge in [-0.15, -0.1) is 0 Å². The lowest BCUT2D eigenvalue weighted by Crippen LogP contribution is -2.10. The summed E-state index contributed by atoms with van der Waals surface area (Å²) < 4.78 is 18.3. The first-order chi connectivity index (χ1) is 15.1. The van der Waals surface area contributed by atoms with Crippen molar-refractivity contribution in [2.75, 3.05) is 12.4 Å². The molecule has 0 aliphatic carbocycles. The van der Waals surface area contributed by atoms with Gasteiger partial charge in [-0.1, -0.05) is 30.3 Å². The van der Waals surface area contributed by atoms with Gasteiger partial charge in [0.1, 0.15) is 23.9 Å². The molecule has 0 aliphatic rings. The smallest absolute Gasteiger partial charge is 0.291 e. The van der Waals surface area contributed by atoms with Crippen molar-refractivity contribution in [3.8, 4) is 11.5 Å². The maximum Gasteiger partial charge on any atom is 0.291 e. The van der Waals surface area contributed by atoms with Crippen molar-refractivity contribution < 1.29 is 18.7 Å². The Labute approximate surface area is 180 Å². The van der Waals surface area contributed by atoms with E-state index in [1.807, 2.05) is 30.3 Å². The molecule has 0 radical (unpaired) electrons. The topological polar surface area (TPSA) is 78.5 Å². The van der Waals surface area contributed by atoms with Crippen LogP contribution in [0.15, 0.2) is 77.5 Å². The van der Waals surface area contributed by atoms with Crippen LogP contribution in [0.5, 0.6) is 11.5 Å². The summed E-state index contributed by atoms with van der Waals surface area (Å²) in [4.78, 5) is 12.5. The Morgan fingerprint density at radius 1 is 1.10 bits per heavy atom. The molecule has 0 atom stereocenters.